The molecule has 2 aromatic carbocycles. The van der Waals surface area contributed by atoms with E-state index in [1.807, 2.05) is 12.1 Å². The summed E-state index contributed by atoms with van der Waals surface area (Å²) in [4.78, 5) is 12.5. The van der Waals surface area contributed by atoms with Crippen LogP contribution in [-0.4, -0.2) is 19.3 Å². The predicted molar refractivity (Wildman–Crippen MR) is 80.2 cm³/mol. The van der Waals surface area contributed by atoms with E-state index in [1.165, 1.54) is 24.3 Å². The lowest BCUT2D eigenvalue weighted by Gasteiger charge is -2.36. The number of ether oxygens (including phenoxy) is 2. The number of hydrogen-bond donors (Lipinski definition) is 0. The largest absolute Gasteiger partial charge is 0.454 e. The number of fused-ring (bicyclic) bond motifs is 1. The van der Waals surface area contributed by atoms with Gasteiger partial charge >= 0.3 is 12.1 Å². The second-order valence-corrected chi connectivity index (χ2v) is 5.55. The zero-order valence-electron chi connectivity index (χ0n) is 12.8. The van der Waals surface area contributed by atoms with E-state index >= 15 is 0 Å². The number of rotatable bonds is 4. The van der Waals surface area contributed by atoms with Gasteiger partial charge in [-0.25, -0.2) is 4.79 Å². The molecule has 0 aliphatic heterocycles. The average Bonchev–Trinajstić information content (AvgIpc) is 2.53. The van der Waals surface area contributed by atoms with E-state index in [4.69, 9.17) is 9.47 Å². The molecule has 0 saturated carbocycles. The fourth-order valence-electron chi connectivity index (χ4n) is 2.92. The minimum Gasteiger partial charge on any atom is -0.454 e. The lowest BCUT2D eigenvalue weighted by atomic mass is 9.85. The minimum absolute atomic E-state index is 0.308. The standard InChI is InChI=1S/C18H15F3O3/c1-23-17(18(19,20)21,13-8-3-2-4-9-13)16(22)24-15-11-12-7-5-6-10-14(12)15/h2-10,15H,11H2,1H3. The van der Waals surface area contributed by atoms with Crippen LogP contribution in [0.2, 0.25) is 0 Å². The maximum Gasteiger partial charge on any atom is 0.432 e. The fourth-order valence-corrected chi connectivity index (χ4v) is 2.92. The van der Waals surface area contributed by atoms with E-state index in [2.05, 4.69) is 0 Å². The SMILES string of the molecule is COC(C(=O)OC1Cc2ccccc21)(c1ccccc1)C(F)(F)F. The third-order valence-corrected chi connectivity index (χ3v) is 4.23. The lowest BCUT2D eigenvalue weighted by molar-refractivity contribution is -0.278. The van der Waals surface area contributed by atoms with Gasteiger partial charge in [-0.3, -0.25) is 0 Å². The van der Waals surface area contributed by atoms with Gasteiger partial charge in [-0.05, 0) is 11.1 Å². The number of halogens is 3. The van der Waals surface area contributed by atoms with Crippen molar-refractivity contribution in [3.8, 4) is 0 Å². The monoisotopic (exact) mass is 336 g/mol. The highest BCUT2D eigenvalue weighted by Crippen LogP contribution is 2.45. The molecule has 0 saturated heterocycles. The summed E-state index contributed by atoms with van der Waals surface area (Å²) in [6.45, 7) is 0. The van der Waals surface area contributed by atoms with E-state index in [1.54, 1.807) is 18.2 Å². The zero-order valence-corrected chi connectivity index (χ0v) is 12.8. The van der Waals surface area contributed by atoms with Crippen molar-refractivity contribution in [1.29, 1.82) is 0 Å². The molecule has 0 heterocycles. The second kappa shape index (κ2) is 5.94. The lowest BCUT2D eigenvalue weighted by Crippen LogP contribution is -2.52. The third-order valence-electron chi connectivity index (χ3n) is 4.23. The van der Waals surface area contributed by atoms with Gasteiger partial charge in [0.1, 0.15) is 6.10 Å². The number of alkyl halides is 3. The molecule has 6 heteroatoms. The van der Waals surface area contributed by atoms with Crippen LogP contribution in [0.3, 0.4) is 0 Å². The molecule has 126 valence electrons. The molecular weight excluding hydrogens is 321 g/mol. The maximum atomic E-state index is 13.8. The first kappa shape index (κ1) is 16.5. The molecule has 0 radical (unpaired) electrons. The van der Waals surface area contributed by atoms with Gasteiger partial charge in [0, 0.05) is 19.1 Å². The third kappa shape index (κ3) is 2.47. The van der Waals surface area contributed by atoms with Gasteiger partial charge in [-0.15, -0.1) is 0 Å². The summed E-state index contributed by atoms with van der Waals surface area (Å²) in [5.41, 5.74) is -1.76. The van der Waals surface area contributed by atoms with Crippen molar-refractivity contribution >= 4 is 5.97 Å². The highest BCUT2D eigenvalue weighted by molar-refractivity contribution is 5.83. The summed E-state index contributed by atoms with van der Waals surface area (Å²) >= 11 is 0. The topological polar surface area (TPSA) is 35.5 Å². The molecule has 0 N–H and O–H groups in total. The molecule has 2 atom stereocenters. The van der Waals surface area contributed by atoms with Gasteiger partial charge in [-0.1, -0.05) is 54.6 Å². The van der Waals surface area contributed by atoms with E-state index in [-0.39, 0.29) is 5.56 Å². The van der Waals surface area contributed by atoms with Crippen molar-refractivity contribution in [1.82, 2.24) is 0 Å². The van der Waals surface area contributed by atoms with Crippen molar-refractivity contribution in [2.24, 2.45) is 0 Å². The molecule has 0 amide bonds. The highest BCUT2D eigenvalue weighted by atomic mass is 19.4. The van der Waals surface area contributed by atoms with Gasteiger partial charge in [0.05, 0.1) is 0 Å². The number of benzene rings is 2. The van der Waals surface area contributed by atoms with E-state index in [9.17, 15) is 18.0 Å². The summed E-state index contributed by atoms with van der Waals surface area (Å²) < 4.78 is 51.1. The summed E-state index contributed by atoms with van der Waals surface area (Å²) in [5.74, 6) is -1.46. The van der Waals surface area contributed by atoms with Crippen molar-refractivity contribution in [3.05, 3.63) is 71.3 Å². The van der Waals surface area contributed by atoms with Crippen molar-refractivity contribution in [2.45, 2.75) is 24.3 Å². The molecule has 2 aromatic rings. The Labute approximate surface area is 137 Å². The van der Waals surface area contributed by atoms with E-state index < -0.39 is 23.9 Å². The molecule has 0 fully saturated rings. The number of methoxy groups -OCH3 is 1. The van der Waals surface area contributed by atoms with E-state index in [0.29, 0.717) is 6.42 Å². The van der Waals surface area contributed by atoms with Crippen LogP contribution in [0, 0.1) is 0 Å². The van der Waals surface area contributed by atoms with Crippen LogP contribution in [0.25, 0.3) is 0 Å². The molecule has 2 unspecified atom stereocenters. The number of carbonyl (C=O) groups is 1. The molecule has 3 rings (SSSR count). The predicted octanol–water partition coefficient (Wildman–Crippen LogP) is 3.93. The molecule has 3 nitrogen and oxygen atoms in total. The van der Waals surface area contributed by atoms with Gasteiger partial charge in [0.2, 0.25) is 0 Å². The van der Waals surface area contributed by atoms with Crippen LogP contribution in [-0.2, 0) is 26.3 Å². The zero-order chi connectivity index (χ0) is 17.4. The number of esters is 1. The Bertz CT molecular complexity index is 743. The second-order valence-electron chi connectivity index (χ2n) is 5.55. The number of carbonyl (C=O) groups excluding carboxylic acids is 1. The molecule has 0 bridgehead atoms. The van der Waals surface area contributed by atoms with Gasteiger partial charge < -0.3 is 9.47 Å². The van der Waals surface area contributed by atoms with E-state index in [0.717, 1.165) is 18.2 Å². The number of hydrogen-bond acceptors (Lipinski definition) is 3. The first-order valence-electron chi connectivity index (χ1n) is 7.36. The smallest absolute Gasteiger partial charge is 0.432 e. The summed E-state index contributed by atoms with van der Waals surface area (Å²) in [6, 6.07) is 14.0. The van der Waals surface area contributed by atoms with Gasteiger partial charge in [-0.2, -0.15) is 13.2 Å². The molecule has 0 spiro atoms. The minimum atomic E-state index is -4.95. The summed E-state index contributed by atoms with van der Waals surface area (Å²) in [5, 5.41) is 0. The quantitative estimate of drug-likeness (QED) is 0.794. The Kier molecular flexibility index (Phi) is 4.09. The Morgan fingerprint density at radius 2 is 1.67 bits per heavy atom. The molecule has 1 aliphatic carbocycles. The average molecular weight is 336 g/mol. The van der Waals surface area contributed by atoms with Crippen LogP contribution >= 0.6 is 0 Å². The molecular formula is C18H15F3O3. The van der Waals surface area contributed by atoms with Crippen LogP contribution in [0.4, 0.5) is 13.2 Å². The molecule has 24 heavy (non-hydrogen) atoms. The first-order chi connectivity index (χ1) is 11.4. The van der Waals surface area contributed by atoms with Crippen LogP contribution < -0.4 is 0 Å². The molecule has 0 aromatic heterocycles. The summed E-state index contributed by atoms with van der Waals surface area (Å²) in [6.07, 6.45) is -5.24. The Morgan fingerprint density at radius 3 is 2.25 bits per heavy atom. The Balaban J connectivity index is 1.94. The fraction of sp³-hybridized carbons (Fsp3) is 0.278. The van der Waals surface area contributed by atoms with Crippen LogP contribution in [0.1, 0.15) is 22.8 Å². The molecule has 1 aliphatic rings. The highest BCUT2D eigenvalue weighted by Gasteiger charge is 2.64. The van der Waals surface area contributed by atoms with Crippen LogP contribution in [0.15, 0.2) is 54.6 Å². The van der Waals surface area contributed by atoms with Gasteiger partial charge in [0.15, 0.2) is 0 Å². The Morgan fingerprint density at radius 1 is 1.04 bits per heavy atom. The van der Waals surface area contributed by atoms with Gasteiger partial charge in [0.25, 0.3) is 5.60 Å². The maximum absolute atomic E-state index is 13.8. The van der Waals surface area contributed by atoms with Crippen LogP contribution in [0.5, 0.6) is 0 Å². The van der Waals surface area contributed by atoms with Crippen molar-refractivity contribution < 1.29 is 27.4 Å². The van der Waals surface area contributed by atoms with Crippen molar-refractivity contribution in [3.63, 3.8) is 0 Å². The Hall–Kier alpha value is -2.34. The van der Waals surface area contributed by atoms with Crippen molar-refractivity contribution in [2.75, 3.05) is 7.11 Å². The summed E-state index contributed by atoms with van der Waals surface area (Å²) in [7, 11) is 0.858. The normalized spacial score (nSPS) is 18.9. The first-order valence-corrected chi connectivity index (χ1v) is 7.36.